The third kappa shape index (κ3) is 2.74. The summed E-state index contributed by atoms with van der Waals surface area (Å²) in [6, 6.07) is 1.26. The lowest BCUT2D eigenvalue weighted by Gasteiger charge is -2.29. The monoisotopic (exact) mass is 259 g/mol. The van der Waals surface area contributed by atoms with E-state index >= 15 is 0 Å². The summed E-state index contributed by atoms with van der Waals surface area (Å²) in [6.45, 7) is 1.76. The van der Waals surface area contributed by atoms with Crippen molar-refractivity contribution in [1.82, 2.24) is 4.90 Å². The fourth-order valence-electron chi connectivity index (χ4n) is 3.24. The van der Waals surface area contributed by atoms with Gasteiger partial charge in [-0.15, -0.1) is 5.92 Å². The van der Waals surface area contributed by atoms with Crippen LogP contribution in [0.5, 0.6) is 0 Å². The summed E-state index contributed by atoms with van der Waals surface area (Å²) >= 11 is 0. The lowest BCUT2D eigenvalue weighted by molar-refractivity contribution is -0.134. The highest BCUT2D eigenvalue weighted by Gasteiger charge is 2.40. The SMILES string of the molecule is CC#CC1CCC(C#N)N1C(=O)[C@@H](N)C1CCCC1. The van der Waals surface area contributed by atoms with Crippen LogP contribution >= 0.6 is 0 Å². The van der Waals surface area contributed by atoms with Gasteiger partial charge in [0.1, 0.15) is 6.04 Å². The summed E-state index contributed by atoms with van der Waals surface area (Å²) in [5.74, 6) is 6.09. The van der Waals surface area contributed by atoms with Crippen LogP contribution in [-0.4, -0.2) is 28.9 Å². The number of carbonyl (C=O) groups is 1. The standard InChI is InChI=1S/C15H21N3O/c1-2-5-12-8-9-13(10-16)18(12)15(19)14(17)11-6-3-4-7-11/h11-14H,3-4,6-9,17H2,1H3/t12?,13?,14-/m0/s1. The van der Waals surface area contributed by atoms with E-state index in [0.29, 0.717) is 6.42 Å². The molecule has 2 aliphatic rings. The average molecular weight is 259 g/mol. The highest BCUT2D eigenvalue weighted by Crippen LogP contribution is 2.30. The first kappa shape index (κ1) is 13.9. The Bertz CT molecular complexity index is 437. The Balaban J connectivity index is 2.13. The van der Waals surface area contributed by atoms with Gasteiger partial charge in [0.15, 0.2) is 0 Å². The second-order valence-electron chi connectivity index (χ2n) is 5.45. The Morgan fingerprint density at radius 2 is 1.89 bits per heavy atom. The summed E-state index contributed by atoms with van der Waals surface area (Å²) in [4.78, 5) is 14.2. The molecule has 0 aromatic carbocycles. The number of carbonyl (C=O) groups excluding carboxylic acids is 1. The van der Waals surface area contributed by atoms with Crippen molar-refractivity contribution < 1.29 is 4.79 Å². The molecule has 0 spiro atoms. The first-order valence-corrected chi connectivity index (χ1v) is 7.08. The maximum atomic E-state index is 12.6. The molecule has 2 N–H and O–H groups in total. The molecular formula is C15H21N3O. The molecule has 0 aromatic rings. The van der Waals surface area contributed by atoms with Crippen molar-refractivity contribution in [3.05, 3.63) is 0 Å². The van der Waals surface area contributed by atoms with Crippen molar-refractivity contribution in [2.75, 3.05) is 0 Å². The van der Waals surface area contributed by atoms with Crippen molar-refractivity contribution in [3.8, 4) is 17.9 Å². The third-order valence-electron chi connectivity index (χ3n) is 4.29. The second-order valence-corrected chi connectivity index (χ2v) is 5.45. The number of nitrogens with two attached hydrogens (primary N) is 1. The van der Waals surface area contributed by atoms with E-state index in [2.05, 4.69) is 17.9 Å². The summed E-state index contributed by atoms with van der Waals surface area (Å²) in [5.41, 5.74) is 6.13. The lowest BCUT2D eigenvalue weighted by Crippen LogP contribution is -2.51. The smallest absolute Gasteiger partial charge is 0.241 e. The fourth-order valence-corrected chi connectivity index (χ4v) is 3.24. The highest BCUT2D eigenvalue weighted by molar-refractivity contribution is 5.83. The molecule has 2 unspecified atom stereocenters. The average Bonchev–Trinajstić information content (AvgIpc) is 3.06. The van der Waals surface area contributed by atoms with Gasteiger partial charge in [-0.3, -0.25) is 4.79 Å². The van der Waals surface area contributed by atoms with Crippen LogP contribution in [0.2, 0.25) is 0 Å². The molecule has 4 nitrogen and oxygen atoms in total. The number of likely N-dealkylation sites (tertiary alicyclic amines) is 1. The van der Waals surface area contributed by atoms with Crippen LogP contribution in [0, 0.1) is 29.1 Å². The molecule has 2 rings (SSSR count). The molecule has 1 saturated carbocycles. The minimum atomic E-state index is -0.461. The van der Waals surface area contributed by atoms with Crippen LogP contribution in [-0.2, 0) is 4.79 Å². The van der Waals surface area contributed by atoms with Gasteiger partial charge < -0.3 is 10.6 Å². The highest BCUT2D eigenvalue weighted by atomic mass is 16.2. The Hall–Kier alpha value is -1.52. The molecule has 0 aromatic heterocycles. The van der Waals surface area contributed by atoms with Gasteiger partial charge in [-0.2, -0.15) is 5.26 Å². The number of hydrogen-bond donors (Lipinski definition) is 1. The molecule has 1 heterocycles. The molecule has 1 amide bonds. The normalized spacial score (nSPS) is 28.6. The van der Waals surface area contributed by atoms with Gasteiger partial charge >= 0.3 is 0 Å². The van der Waals surface area contributed by atoms with Gasteiger partial charge in [-0.25, -0.2) is 0 Å². The van der Waals surface area contributed by atoms with E-state index in [9.17, 15) is 10.1 Å². The van der Waals surface area contributed by atoms with Gasteiger partial charge in [-0.1, -0.05) is 18.8 Å². The van der Waals surface area contributed by atoms with Crippen LogP contribution in [0.3, 0.4) is 0 Å². The third-order valence-corrected chi connectivity index (χ3v) is 4.29. The Labute approximate surface area is 114 Å². The molecule has 1 saturated heterocycles. The summed E-state index contributed by atoms with van der Waals surface area (Å²) in [7, 11) is 0. The van der Waals surface area contributed by atoms with Crippen LogP contribution in [0.4, 0.5) is 0 Å². The van der Waals surface area contributed by atoms with E-state index in [0.717, 1.165) is 32.1 Å². The van der Waals surface area contributed by atoms with E-state index in [4.69, 9.17) is 5.73 Å². The van der Waals surface area contributed by atoms with Crippen LogP contribution in [0.15, 0.2) is 0 Å². The molecule has 19 heavy (non-hydrogen) atoms. The van der Waals surface area contributed by atoms with E-state index in [1.165, 1.54) is 0 Å². The van der Waals surface area contributed by atoms with Crippen LogP contribution < -0.4 is 5.73 Å². The van der Waals surface area contributed by atoms with Gasteiger partial charge in [0.25, 0.3) is 0 Å². The summed E-state index contributed by atoms with van der Waals surface area (Å²) in [5, 5.41) is 9.19. The van der Waals surface area contributed by atoms with Crippen molar-refractivity contribution in [3.63, 3.8) is 0 Å². The largest absolute Gasteiger partial charge is 0.320 e. The van der Waals surface area contributed by atoms with Gasteiger partial charge in [0, 0.05) is 0 Å². The minimum absolute atomic E-state index is 0.0799. The minimum Gasteiger partial charge on any atom is -0.320 e. The molecule has 102 valence electrons. The van der Waals surface area contributed by atoms with Gasteiger partial charge in [0.05, 0.1) is 18.2 Å². The quantitative estimate of drug-likeness (QED) is 0.762. The molecule has 1 aliphatic carbocycles. The van der Waals surface area contributed by atoms with Gasteiger partial charge in [-0.05, 0) is 38.5 Å². The molecule has 4 heteroatoms. The molecular weight excluding hydrogens is 238 g/mol. The number of hydrogen-bond acceptors (Lipinski definition) is 3. The number of nitrogens with zero attached hydrogens (tertiary/aromatic N) is 2. The number of rotatable bonds is 2. The first-order valence-electron chi connectivity index (χ1n) is 7.08. The Morgan fingerprint density at radius 3 is 2.47 bits per heavy atom. The van der Waals surface area contributed by atoms with Crippen molar-refractivity contribution in [2.45, 2.75) is 63.6 Å². The summed E-state index contributed by atoms with van der Waals surface area (Å²) < 4.78 is 0. The van der Waals surface area contributed by atoms with E-state index in [-0.39, 0.29) is 23.9 Å². The molecule has 3 atom stereocenters. The summed E-state index contributed by atoms with van der Waals surface area (Å²) in [6.07, 6.45) is 5.86. The van der Waals surface area contributed by atoms with Gasteiger partial charge in [0.2, 0.25) is 5.91 Å². The number of amides is 1. The molecule has 0 bridgehead atoms. The number of nitriles is 1. The zero-order chi connectivity index (χ0) is 13.8. The molecule has 0 radical (unpaired) electrons. The zero-order valence-corrected chi connectivity index (χ0v) is 11.4. The second kappa shape index (κ2) is 6.08. The molecule has 2 fully saturated rings. The van der Waals surface area contributed by atoms with Crippen LogP contribution in [0.1, 0.15) is 45.4 Å². The van der Waals surface area contributed by atoms with Crippen molar-refractivity contribution in [1.29, 1.82) is 5.26 Å². The molecule has 1 aliphatic heterocycles. The maximum Gasteiger partial charge on any atom is 0.241 e. The van der Waals surface area contributed by atoms with Crippen molar-refractivity contribution in [2.24, 2.45) is 11.7 Å². The van der Waals surface area contributed by atoms with Crippen molar-refractivity contribution >= 4 is 5.91 Å². The Kier molecular flexibility index (Phi) is 4.45. The topological polar surface area (TPSA) is 70.1 Å². The van der Waals surface area contributed by atoms with Crippen LogP contribution in [0.25, 0.3) is 0 Å². The lowest BCUT2D eigenvalue weighted by atomic mass is 9.97. The maximum absolute atomic E-state index is 12.6. The Morgan fingerprint density at radius 1 is 1.26 bits per heavy atom. The van der Waals surface area contributed by atoms with E-state index in [1.54, 1.807) is 11.8 Å². The first-order chi connectivity index (χ1) is 9.19. The zero-order valence-electron chi connectivity index (χ0n) is 11.4. The predicted octanol–water partition coefficient (Wildman–Crippen LogP) is 1.41. The van der Waals surface area contributed by atoms with E-state index in [1.807, 2.05) is 0 Å². The predicted molar refractivity (Wildman–Crippen MR) is 72.7 cm³/mol. The fraction of sp³-hybridized carbons (Fsp3) is 0.733. The van der Waals surface area contributed by atoms with E-state index < -0.39 is 6.04 Å².